The maximum Gasteiger partial charge on any atom is 0.119 e. The van der Waals surface area contributed by atoms with E-state index in [0.29, 0.717) is 17.1 Å². The fourth-order valence-electron chi connectivity index (χ4n) is 3.80. The maximum atomic E-state index is 6.20. The van der Waals surface area contributed by atoms with Crippen molar-refractivity contribution in [3.05, 3.63) is 41.4 Å². The third-order valence-electron chi connectivity index (χ3n) is 5.16. The van der Waals surface area contributed by atoms with Gasteiger partial charge in [-0.2, -0.15) is 0 Å². The molecule has 0 aliphatic rings. The molecule has 5 heteroatoms. The highest BCUT2D eigenvalue weighted by Crippen LogP contribution is 2.34. The monoisotopic (exact) mass is 399 g/mol. The number of methoxy groups -OCH3 is 1. The Kier molecular flexibility index (Phi) is 6.63. The van der Waals surface area contributed by atoms with Gasteiger partial charge in [-0.1, -0.05) is 11.6 Å². The molecule has 4 nitrogen and oxygen atoms in total. The number of benzene rings is 2. The van der Waals surface area contributed by atoms with Crippen LogP contribution < -0.4 is 10.1 Å². The van der Waals surface area contributed by atoms with E-state index in [1.807, 2.05) is 36.4 Å². The molecule has 1 heterocycles. The Morgan fingerprint density at radius 1 is 1.00 bits per heavy atom. The first kappa shape index (κ1) is 20.7. The third kappa shape index (κ3) is 4.50. The van der Waals surface area contributed by atoms with Crippen LogP contribution in [0.3, 0.4) is 0 Å². The first-order chi connectivity index (χ1) is 13.4. The number of aromatic nitrogens is 1. The van der Waals surface area contributed by atoms with Crippen molar-refractivity contribution in [1.82, 2.24) is 9.88 Å². The summed E-state index contributed by atoms with van der Waals surface area (Å²) in [5.74, 6) is 0.830. The first-order valence-electron chi connectivity index (χ1n) is 9.97. The Hall–Kier alpha value is -2.04. The average molecular weight is 400 g/mol. The molecule has 0 aliphatic carbocycles. The maximum absolute atomic E-state index is 6.20. The van der Waals surface area contributed by atoms with E-state index >= 15 is 0 Å². The normalized spacial score (nSPS) is 11.9. The van der Waals surface area contributed by atoms with Crippen molar-refractivity contribution in [1.29, 1.82) is 0 Å². The summed E-state index contributed by atoms with van der Waals surface area (Å²) in [6, 6.07) is 13.0. The number of anilines is 1. The smallest absolute Gasteiger partial charge is 0.119 e. The molecule has 150 valence electrons. The number of pyridine rings is 1. The van der Waals surface area contributed by atoms with Crippen molar-refractivity contribution < 1.29 is 4.74 Å². The van der Waals surface area contributed by atoms with Crippen molar-refractivity contribution in [3.63, 3.8) is 0 Å². The molecule has 0 atom stereocenters. The van der Waals surface area contributed by atoms with Crippen molar-refractivity contribution in [2.45, 2.75) is 46.2 Å². The molecule has 0 saturated heterocycles. The Morgan fingerprint density at radius 2 is 1.75 bits per heavy atom. The summed E-state index contributed by atoms with van der Waals surface area (Å²) in [5.41, 5.74) is 2.93. The average Bonchev–Trinajstić information content (AvgIpc) is 2.65. The molecule has 28 heavy (non-hydrogen) atoms. The summed E-state index contributed by atoms with van der Waals surface area (Å²) in [6.07, 6.45) is 1.07. The lowest BCUT2D eigenvalue weighted by Crippen LogP contribution is -2.38. The van der Waals surface area contributed by atoms with Gasteiger partial charge in [0.1, 0.15) is 5.75 Å². The molecule has 2 aromatic carbocycles. The number of halogens is 1. The molecule has 0 saturated carbocycles. The highest BCUT2D eigenvalue weighted by molar-refractivity contribution is 6.31. The lowest BCUT2D eigenvalue weighted by Gasteiger charge is -2.30. The minimum Gasteiger partial charge on any atom is -0.497 e. The van der Waals surface area contributed by atoms with Crippen molar-refractivity contribution >= 4 is 39.1 Å². The fraction of sp³-hybridized carbons (Fsp3) is 0.435. The quantitative estimate of drug-likeness (QED) is 0.374. The van der Waals surface area contributed by atoms with Gasteiger partial charge in [-0.05, 0) is 70.5 Å². The van der Waals surface area contributed by atoms with Crippen LogP contribution in [-0.4, -0.2) is 42.2 Å². The molecular formula is C23H30ClN3O. The van der Waals surface area contributed by atoms with E-state index in [9.17, 15) is 0 Å². The first-order valence-corrected chi connectivity index (χ1v) is 10.3. The van der Waals surface area contributed by atoms with E-state index in [0.717, 1.165) is 52.8 Å². The molecular weight excluding hydrogens is 370 g/mol. The molecule has 0 bridgehead atoms. The summed E-state index contributed by atoms with van der Waals surface area (Å²) >= 11 is 6.20. The Morgan fingerprint density at radius 3 is 2.43 bits per heavy atom. The summed E-state index contributed by atoms with van der Waals surface area (Å²) in [6.45, 7) is 11.0. The Balaban J connectivity index is 1.90. The molecule has 1 aromatic heterocycles. The van der Waals surface area contributed by atoms with Crippen molar-refractivity contribution in [2.75, 3.05) is 25.5 Å². The lowest BCUT2D eigenvalue weighted by molar-refractivity contribution is 0.174. The van der Waals surface area contributed by atoms with Crippen LogP contribution in [-0.2, 0) is 0 Å². The number of hydrogen-bond donors (Lipinski definition) is 1. The molecule has 3 aromatic rings. The van der Waals surface area contributed by atoms with E-state index in [2.05, 4.69) is 37.9 Å². The van der Waals surface area contributed by atoms with Crippen LogP contribution in [0.4, 0.5) is 5.69 Å². The van der Waals surface area contributed by atoms with E-state index in [1.165, 1.54) is 0 Å². The molecule has 0 aliphatic heterocycles. The zero-order valence-corrected chi connectivity index (χ0v) is 18.2. The molecule has 0 spiro atoms. The Labute approximate surface area is 172 Å². The molecule has 1 N–H and O–H groups in total. The number of fused-ring (bicyclic) bond motifs is 2. The van der Waals surface area contributed by atoms with E-state index in [4.69, 9.17) is 21.3 Å². The SMILES string of the molecule is COc1ccc2nc3cc(Cl)ccc3c(NCCCN(C(C)C)C(C)C)c2c1. The predicted octanol–water partition coefficient (Wildman–Crippen LogP) is 5.97. The van der Waals surface area contributed by atoms with Crippen LogP contribution in [0.5, 0.6) is 5.75 Å². The second-order valence-corrected chi connectivity index (χ2v) is 8.17. The predicted molar refractivity (Wildman–Crippen MR) is 121 cm³/mol. The van der Waals surface area contributed by atoms with E-state index < -0.39 is 0 Å². The second kappa shape index (κ2) is 8.97. The number of rotatable bonds is 8. The zero-order valence-electron chi connectivity index (χ0n) is 17.4. The van der Waals surface area contributed by atoms with Gasteiger partial charge in [0.25, 0.3) is 0 Å². The van der Waals surface area contributed by atoms with Crippen LogP contribution in [0.2, 0.25) is 5.02 Å². The molecule has 0 radical (unpaired) electrons. The Bertz CT molecular complexity index is 947. The molecule has 0 unspecified atom stereocenters. The van der Waals surface area contributed by atoms with Crippen LogP contribution in [0, 0.1) is 0 Å². The number of nitrogens with zero attached hydrogens (tertiary/aromatic N) is 2. The summed E-state index contributed by atoms with van der Waals surface area (Å²) < 4.78 is 5.43. The van der Waals surface area contributed by atoms with Gasteiger partial charge in [0.05, 0.1) is 23.8 Å². The second-order valence-electron chi connectivity index (χ2n) is 7.74. The van der Waals surface area contributed by atoms with Gasteiger partial charge in [-0.25, -0.2) is 4.98 Å². The van der Waals surface area contributed by atoms with Gasteiger partial charge in [-0.15, -0.1) is 0 Å². The summed E-state index contributed by atoms with van der Waals surface area (Å²) in [7, 11) is 1.69. The van der Waals surface area contributed by atoms with Gasteiger partial charge in [0.2, 0.25) is 0 Å². The minimum absolute atomic E-state index is 0.550. The van der Waals surface area contributed by atoms with Crippen molar-refractivity contribution in [2.24, 2.45) is 0 Å². The van der Waals surface area contributed by atoms with Gasteiger partial charge >= 0.3 is 0 Å². The van der Waals surface area contributed by atoms with Crippen molar-refractivity contribution in [3.8, 4) is 5.75 Å². The lowest BCUT2D eigenvalue weighted by atomic mass is 10.1. The highest BCUT2D eigenvalue weighted by Gasteiger charge is 2.14. The van der Waals surface area contributed by atoms with Gasteiger partial charge < -0.3 is 10.1 Å². The fourth-order valence-corrected chi connectivity index (χ4v) is 3.97. The van der Waals surface area contributed by atoms with Crippen LogP contribution in [0.25, 0.3) is 21.8 Å². The minimum atomic E-state index is 0.550. The van der Waals surface area contributed by atoms with Gasteiger partial charge in [0.15, 0.2) is 0 Å². The topological polar surface area (TPSA) is 37.4 Å². The zero-order chi connectivity index (χ0) is 20.3. The molecule has 0 fully saturated rings. The van der Waals surface area contributed by atoms with Crippen LogP contribution in [0.15, 0.2) is 36.4 Å². The van der Waals surface area contributed by atoms with E-state index in [1.54, 1.807) is 7.11 Å². The van der Waals surface area contributed by atoms with E-state index in [-0.39, 0.29) is 0 Å². The van der Waals surface area contributed by atoms with Crippen LogP contribution >= 0.6 is 11.6 Å². The number of ether oxygens (including phenoxy) is 1. The highest BCUT2D eigenvalue weighted by atomic mass is 35.5. The number of hydrogen-bond acceptors (Lipinski definition) is 4. The van der Waals surface area contributed by atoms with Gasteiger partial charge in [-0.3, -0.25) is 4.90 Å². The molecule has 0 amide bonds. The standard InChI is InChI=1S/C23H30ClN3O/c1-15(2)27(16(3)4)12-6-11-25-23-19-9-7-17(24)13-22(19)26-21-10-8-18(28-5)14-20(21)23/h7-10,13-16H,6,11-12H2,1-5H3,(H,25,26). The summed E-state index contributed by atoms with van der Waals surface area (Å²) in [4.78, 5) is 7.31. The molecule has 3 rings (SSSR count). The van der Waals surface area contributed by atoms with Gasteiger partial charge in [0, 0.05) is 41.0 Å². The summed E-state index contributed by atoms with van der Waals surface area (Å²) in [5, 5.41) is 6.51. The third-order valence-corrected chi connectivity index (χ3v) is 5.40. The van der Waals surface area contributed by atoms with Crippen LogP contribution in [0.1, 0.15) is 34.1 Å². The number of nitrogens with one attached hydrogen (secondary N) is 1. The largest absolute Gasteiger partial charge is 0.497 e.